The molecule has 0 radical (unpaired) electrons. The second kappa shape index (κ2) is 7.81. The number of methoxy groups -OCH3 is 1. The van der Waals surface area contributed by atoms with Gasteiger partial charge in [0.2, 0.25) is 0 Å². The molecule has 0 aromatic heterocycles. The summed E-state index contributed by atoms with van der Waals surface area (Å²) in [5.41, 5.74) is 2.66. The van der Waals surface area contributed by atoms with Crippen LogP contribution in [0.1, 0.15) is 57.2 Å². The van der Waals surface area contributed by atoms with Gasteiger partial charge in [0, 0.05) is 24.2 Å². The third kappa shape index (κ3) is 4.21. The number of hydrogen-bond acceptors (Lipinski definition) is 3. The molecule has 1 aliphatic heterocycles. The highest BCUT2D eigenvalue weighted by molar-refractivity contribution is 5.38. The maximum absolute atomic E-state index is 5.57. The van der Waals surface area contributed by atoms with Crippen LogP contribution >= 0.6 is 0 Å². The molecule has 21 heavy (non-hydrogen) atoms. The maximum atomic E-state index is 5.57. The molecule has 2 rings (SSSR count). The molecule has 118 valence electrons. The van der Waals surface area contributed by atoms with Gasteiger partial charge in [-0.15, -0.1) is 0 Å². The molecule has 1 heterocycles. The Kier molecular flexibility index (Phi) is 6.07. The van der Waals surface area contributed by atoms with E-state index in [1.807, 2.05) is 0 Å². The lowest BCUT2D eigenvalue weighted by Gasteiger charge is -2.33. The zero-order chi connectivity index (χ0) is 15.2. The predicted octanol–water partition coefficient (Wildman–Crippen LogP) is 3.74. The Balaban J connectivity index is 2.17. The first kappa shape index (κ1) is 16.3. The smallest absolute Gasteiger partial charge is 0.123 e. The number of nitrogens with one attached hydrogen (secondary N) is 1. The Labute approximate surface area is 129 Å². The van der Waals surface area contributed by atoms with Gasteiger partial charge in [0.1, 0.15) is 5.75 Å². The number of rotatable bonds is 6. The highest BCUT2D eigenvalue weighted by Crippen LogP contribution is 2.27. The van der Waals surface area contributed by atoms with Crippen LogP contribution in [0.15, 0.2) is 18.2 Å². The van der Waals surface area contributed by atoms with Gasteiger partial charge in [-0.3, -0.25) is 4.90 Å². The summed E-state index contributed by atoms with van der Waals surface area (Å²) in [5, 5.41) is 3.48. The third-order valence-electron chi connectivity index (χ3n) is 4.63. The molecule has 1 saturated heterocycles. The molecule has 1 N–H and O–H groups in total. The Morgan fingerprint density at radius 3 is 2.86 bits per heavy atom. The first-order valence-electron chi connectivity index (χ1n) is 8.30. The number of piperidine rings is 1. The van der Waals surface area contributed by atoms with Crippen molar-refractivity contribution in [1.82, 2.24) is 10.2 Å². The van der Waals surface area contributed by atoms with Crippen molar-refractivity contribution in [3.8, 4) is 5.75 Å². The van der Waals surface area contributed by atoms with Crippen molar-refractivity contribution in [3.05, 3.63) is 29.3 Å². The average molecular weight is 290 g/mol. The zero-order valence-electron chi connectivity index (χ0n) is 14.0. The van der Waals surface area contributed by atoms with Crippen molar-refractivity contribution in [3.63, 3.8) is 0 Å². The molecule has 0 bridgehead atoms. The predicted molar refractivity (Wildman–Crippen MR) is 88.8 cm³/mol. The Bertz CT molecular complexity index is 447. The molecular formula is C18H30N2O. The molecule has 2 atom stereocenters. The summed E-state index contributed by atoms with van der Waals surface area (Å²) in [7, 11) is 1.77. The second-order valence-corrected chi connectivity index (χ2v) is 6.17. The van der Waals surface area contributed by atoms with Gasteiger partial charge < -0.3 is 10.1 Å². The summed E-state index contributed by atoms with van der Waals surface area (Å²) in [6.45, 7) is 9.91. The van der Waals surface area contributed by atoms with Crippen LogP contribution in [0.25, 0.3) is 0 Å². The lowest BCUT2D eigenvalue weighted by atomic mass is 10.0. The van der Waals surface area contributed by atoms with E-state index in [2.05, 4.69) is 49.2 Å². The fourth-order valence-electron chi connectivity index (χ4n) is 3.23. The minimum atomic E-state index is 0.387. The van der Waals surface area contributed by atoms with Crippen molar-refractivity contribution >= 4 is 0 Å². The van der Waals surface area contributed by atoms with E-state index < -0.39 is 0 Å². The van der Waals surface area contributed by atoms with Crippen LogP contribution in [-0.2, 0) is 6.54 Å². The summed E-state index contributed by atoms with van der Waals surface area (Å²) >= 11 is 0. The van der Waals surface area contributed by atoms with E-state index in [9.17, 15) is 0 Å². The highest BCUT2D eigenvalue weighted by atomic mass is 16.5. The second-order valence-electron chi connectivity index (χ2n) is 6.17. The van der Waals surface area contributed by atoms with Gasteiger partial charge in [-0.2, -0.15) is 0 Å². The Hall–Kier alpha value is -1.06. The van der Waals surface area contributed by atoms with Gasteiger partial charge >= 0.3 is 0 Å². The number of hydrogen-bond donors (Lipinski definition) is 1. The number of benzene rings is 1. The molecule has 1 fully saturated rings. The summed E-state index contributed by atoms with van der Waals surface area (Å²) in [4.78, 5) is 2.59. The van der Waals surface area contributed by atoms with E-state index in [4.69, 9.17) is 4.74 Å². The average Bonchev–Trinajstić information content (AvgIpc) is 2.50. The zero-order valence-corrected chi connectivity index (χ0v) is 14.0. The van der Waals surface area contributed by atoms with Crippen molar-refractivity contribution in [2.75, 3.05) is 20.2 Å². The molecule has 3 heteroatoms. The van der Waals surface area contributed by atoms with Crippen LogP contribution in [0, 0.1) is 0 Å². The molecular weight excluding hydrogens is 260 g/mol. The molecule has 2 unspecified atom stereocenters. The summed E-state index contributed by atoms with van der Waals surface area (Å²) in [6.07, 6.45) is 4.00. The van der Waals surface area contributed by atoms with E-state index in [0.717, 1.165) is 18.8 Å². The minimum absolute atomic E-state index is 0.387. The molecule has 1 aromatic carbocycles. The molecule has 0 aliphatic carbocycles. The van der Waals surface area contributed by atoms with Crippen molar-refractivity contribution < 1.29 is 4.74 Å². The lowest BCUT2D eigenvalue weighted by Crippen LogP contribution is -2.36. The Morgan fingerprint density at radius 1 is 1.38 bits per heavy atom. The molecule has 3 nitrogen and oxygen atoms in total. The highest BCUT2D eigenvalue weighted by Gasteiger charge is 2.20. The summed E-state index contributed by atoms with van der Waals surface area (Å²) in [6, 6.07) is 7.67. The lowest BCUT2D eigenvalue weighted by molar-refractivity contribution is 0.151. The van der Waals surface area contributed by atoms with E-state index in [-0.39, 0.29) is 0 Å². The van der Waals surface area contributed by atoms with Crippen LogP contribution in [0.5, 0.6) is 5.75 Å². The van der Waals surface area contributed by atoms with Gasteiger partial charge in [-0.05, 0) is 57.5 Å². The first-order valence-corrected chi connectivity index (χ1v) is 8.30. The maximum Gasteiger partial charge on any atom is 0.123 e. The van der Waals surface area contributed by atoms with Crippen molar-refractivity contribution in [1.29, 1.82) is 0 Å². The van der Waals surface area contributed by atoms with Crippen LogP contribution in [0.3, 0.4) is 0 Å². The number of likely N-dealkylation sites (tertiary alicyclic amines) is 1. The standard InChI is InChI=1S/C18H30N2O/c1-5-19-15(3)16-9-10-18(21-4)17(12-16)13-20-11-7-6-8-14(20)2/h9-10,12,14-15,19H,5-8,11,13H2,1-4H3. The van der Waals surface area contributed by atoms with Crippen LogP contribution in [0.2, 0.25) is 0 Å². The van der Waals surface area contributed by atoms with Gasteiger partial charge in [-0.25, -0.2) is 0 Å². The van der Waals surface area contributed by atoms with Crippen LogP contribution < -0.4 is 10.1 Å². The van der Waals surface area contributed by atoms with Crippen LogP contribution in [0.4, 0.5) is 0 Å². The van der Waals surface area contributed by atoms with E-state index in [0.29, 0.717) is 12.1 Å². The quantitative estimate of drug-likeness (QED) is 0.864. The first-order chi connectivity index (χ1) is 10.2. The molecule has 1 aromatic rings. The summed E-state index contributed by atoms with van der Waals surface area (Å²) < 4.78 is 5.57. The Morgan fingerprint density at radius 2 is 2.19 bits per heavy atom. The fourth-order valence-corrected chi connectivity index (χ4v) is 3.23. The molecule has 0 spiro atoms. The third-order valence-corrected chi connectivity index (χ3v) is 4.63. The number of nitrogens with zero attached hydrogens (tertiary/aromatic N) is 1. The van der Waals surface area contributed by atoms with Crippen LogP contribution in [-0.4, -0.2) is 31.1 Å². The van der Waals surface area contributed by atoms with E-state index >= 15 is 0 Å². The van der Waals surface area contributed by atoms with Gasteiger partial charge in [0.05, 0.1) is 7.11 Å². The van der Waals surface area contributed by atoms with Gasteiger partial charge in [0.25, 0.3) is 0 Å². The van der Waals surface area contributed by atoms with Gasteiger partial charge in [0.15, 0.2) is 0 Å². The number of ether oxygens (including phenoxy) is 1. The normalized spacial score (nSPS) is 21.2. The molecule has 0 saturated carbocycles. The fraction of sp³-hybridized carbons (Fsp3) is 0.667. The molecule has 0 amide bonds. The molecule has 1 aliphatic rings. The van der Waals surface area contributed by atoms with E-state index in [1.165, 1.54) is 36.9 Å². The SMILES string of the molecule is CCNC(C)c1ccc(OC)c(CN2CCCCC2C)c1. The minimum Gasteiger partial charge on any atom is -0.496 e. The van der Waals surface area contributed by atoms with E-state index in [1.54, 1.807) is 7.11 Å². The summed E-state index contributed by atoms with van der Waals surface area (Å²) in [5.74, 6) is 1.01. The van der Waals surface area contributed by atoms with Crippen molar-refractivity contribution in [2.24, 2.45) is 0 Å². The largest absolute Gasteiger partial charge is 0.496 e. The van der Waals surface area contributed by atoms with Crippen molar-refractivity contribution in [2.45, 2.75) is 58.7 Å². The monoisotopic (exact) mass is 290 g/mol. The van der Waals surface area contributed by atoms with Gasteiger partial charge in [-0.1, -0.05) is 19.4 Å². The topological polar surface area (TPSA) is 24.5 Å².